The van der Waals surface area contributed by atoms with E-state index in [2.05, 4.69) is 33.0 Å². The third-order valence-corrected chi connectivity index (χ3v) is 1.19. The molecule has 0 saturated carbocycles. The van der Waals surface area contributed by atoms with Crippen molar-refractivity contribution in [3.63, 3.8) is 0 Å². The molecule has 0 amide bonds. The molecule has 1 unspecified atom stereocenters. The third kappa shape index (κ3) is 6.05. The monoisotopic (exact) mass is 145 g/mol. The van der Waals surface area contributed by atoms with E-state index in [-0.39, 0.29) is 0 Å². The summed E-state index contributed by atoms with van der Waals surface area (Å²) < 4.78 is 5.49. The molecule has 0 aromatic carbocycles. The van der Waals surface area contributed by atoms with Crippen LogP contribution in [0, 0.1) is 0 Å². The Morgan fingerprint density at radius 3 is 2.30 bits per heavy atom. The van der Waals surface area contributed by atoms with Gasteiger partial charge in [-0.2, -0.15) is 0 Å². The Labute approximate surface area is 64.0 Å². The van der Waals surface area contributed by atoms with Crippen molar-refractivity contribution in [1.29, 1.82) is 0 Å². The SMILES string of the molecule is CCNCC(C)OC(C)C. The first kappa shape index (κ1) is 9.92. The highest BCUT2D eigenvalue weighted by Crippen LogP contribution is 1.94. The Morgan fingerprint density at radius 1 is 1.30 bits per heavy atom. The van der Waals surface area contributed by atoms with Crippen LogP contribution in [-0.2, 0) is 4.74 Å². The summed E-state index contributed by atoms with van der Waals surface area (Å²) in [5, 5.41) is 3.23. The number of ether oxygens (including phenoxy) is 1. The van der Waals surface area contributed by atoms with Gasteiger partial charge in [0.25, 0.3) is 0 Å². The maximum absolute atomic E-state index is 5.49. The first-order valence-electron chi connectivity index (χ1n) is 4.03. The molecule has 2 nitrogen and oxygen atoms in total. The summed E-state index contributed by atoms with van der Waals surface area (Å²) in [7, 11) is 0. The lowest BCUT2D eigenvalue weighted by molar-refractivity contribution is 0.0199. The molecule has 0 aliphatic carbocycles. The summed E-state index contributed by atoms with van der Waals surface area (Å²) in [6.07, 6.45) is 0.675. The lowest BCUT2D eigenvalue weighted by atomic mass is 10.3. The summed E-state index contributed by atoms with van der Waals surface area (Å²) in [5.74, 6) is 0. The first-order valence-corrected chi connectivity index (χ1v) is 4.03. The molecular formula is C8H19NO. The van der Waals surface area contributed by atoms with Crippen molar-refractivity contribution < 1.29 is 4.74 Å². The maximum Gasteiger partial charge on any atom is 0.0674 e. The van der Waals surface area contributed by atoms with Crippen molar-refractivity contribution in [3.05, 3.63) is 0 Å². The molecule has 2 heteroatoms. The van der Waals surface area contributed by atoms with Crippen LogP contribution in [-0.4, -0.2) is 25.3 Å². The lowest BCUT2D eigenvalue weighted by Crippen LogP contribution is -2.28. The summed E-state index contributed by atoms with van der Waals surface area (Å²) in [6.45, 7) is 10.3. The fourth-order valence-corrected chi connectivity index (χ4v) is 0.860. The van der Waals surface area contributed by atoms with Crippen LogP contribution in [0.25, 0.3) is 0 Å². The molecular weight excluding hydrogens is 126 g/mol. The first-order chi connectivity index (χ1) is 4.66. The Bertz CT molecular complexity index is 73.7. The molecule has 0 saturated heterocycles. The van der Waals surface area contributed by atoms with E-state index in [9.17, 15) is 0 Å². The highest BCUT2D eigenvalue weighted by molar-refractivity contribution is 4.54. The summed E-state index contributed by atoms with van der Waals surface area (Å²) >= 11 is 0. The Hall–Kier alpha value is -0.0800. The Kier molecular flexibility index (Phi) is 5.64. The maximum atomic E-state index is 5.49. The fraction of sp³-hybridized carbons (Fsp3) is 1.00. The number of rotatable bonds is 5. The summed E-state index contributed by atoms with van der Waals surface area (Å²) in [5.41, 5.74) is 0. The van der Waals surface area contributed by atoms with Gasteiger partial charge in [-0.3, -0.25) is 0 Å². The second-order valence-electron chi connectivity index (χ2n) is 2.80. The minimum atomic E-state index is 0.333. The van der Waals surface area contributed by atoms with Gasteiger partial charge in [0, 0.05) is 6.54 Å². The minimum Gasteiger partial charge on any atom is -0.375 e. The van der Waals surface area contributed by atoms with Gasteiger partial charge in [-0.25, -0.2) is 0 Å². The molecule has 0 bridgehead atoms. The smallest absolute Gasteiger partial charge is 0.0674 e. The van der Waals surface area contributed by atoms with E-state index in [0.717, 1.165) is 13.1 Å². The molecule has 0 spiro atoms. The van der Waals surface area contributed by atoms with Gasteiger partial charge in [0.1, 0.15) is 0 Å². The van der Waals surface area contributed by atoms with Crippen molar-refractivity contribution in [2.75, 3.05) is 13.1 Å². The standard InChI is InChI=1S/C8H19NO/c1-5-9-6-8(4)10-7(2)3/h7-9H,5-6H2,1-4H3. The topological polar surface area (TPSA) is 21.3 Å². The van der Waals surface area contributed by atoms with Crippen LogP contribution in [0.4, 0.5) is 0 Å². The lowest BCUT2D eigenvalue weighted by Gasteiger charge is -2.15. The Morgan fingerprint density at radius 2 is 1.90 bits per heavy atom. The van der Waals surface area contributed by atoms with E-state index < -0.39 is 0 Å². The molecule has 0 aliphatic heterocycles. The predicted octanol–water partition coefficient (Wildman–Crippen LogP) is 1.41. The summed E-state index contributed by atoms with van der Waals surface area (Å²) in [4.78, 5) is 0. The normalized spacial score (nSPS) is 14.1. The number of hydrogen-bond donors (Lipinski definition) is 1. The average molecular weight is 145 g/mol. The van der Waals surface area contributed by atoms with Crippen LogP contribution in [0.3, 0.4) is 0 Å². The van der Waals surface area contributed by atoms with Gasteiger partial charge in [-0.05, 0) is 27.3 Å². The highest BCUT2D eigenvalue weighted by Gasteiger charge is 2.01. The second-order valence-corrected chi connectivity index (χ2v) is 2.80. The molecule has 0 fully saturated rings. The van der Waals surface area contributed by atoms with Crippen LogP contribution in [0.2, 0.25) is 0 Å². The average Bonchev–Trinajstić information content (AvgIpc) is 1.82. The van der Waals surface area contributed by atoms with Crippen LogP contribution in [0.15, 0.2) is 0 Å². The van der Waals surface area contributed by atoms with Gasteiger partial charge in [0.15, 0.2) is 0 Å². The molecule has 0 aliphatic rings. The number of likely N-dealkylation sites (N-methyl/N-ethyl adjacent to an activating group) is 1. The summed E-state index contributed by atoms with van der Waals surface area (Å²) in [6, 6.07) is 0. The van der Waals surface area contributed by atoms with E-state index in [1.807, 2.05) is 0 Å². The predicted molar refractivity (Wildman–Crippen MR) is 44.2 cm³/mol. The molecule has 10 heavy (non-hydrogen) atoms. The van der Waals surface area contributed by atoms with Crippen molar-refractivity contribution >= 4 is 0 Å². The van der Waals surface area contributed by atoms with Gasteiger partial charge in [-0.1, -0.05) is 6.92 Å². The van der Waals surface area contributed by atoms with Crippen molar-refractivity contribution in [2.24, 2.45) is 0 Å². The molecule has 1 N–H and O–H groups in total. The van der Waals surface area contributed by atoms with E-state index >= 15 is 0 Å². The van der Waals surface area contributed by atoms with Gasteiger partial charge >= 0.3 is 0 Å². The van der Waals surface area contributed by atoms with Crippen molar-refractivity contribution in [1.82, 2.24) is 5.32 Å². The largest absolute Gasteiger partial charge is 0.375 e. The number of hydrogen-bond acceptors (Lipinski definition) is 2. The van der Waals surface area contributed by atoms with E-state index in [1.165, 1.54) is 0 Å². The molecule has 0 rings (SSSR count). The van der Waals surface area contributed by atoms with Gasteiger partial charge in [0.2, 0.25) is 0 Å². The van der Waals surface area contributed by atoms with Crippen LogP contribution in [0.5, 0.6) is 0 Å². The third-order valence-electron chi connectivity index (χ3n) is 1.19. The highest BCUT2D eigenvalue weighted by atomic mass is 16.5. The molecule has 0 aromatic rings. The molecule has 62 valence electrons. The van der Waals surface area contributed by atoms with E-state index in [0.29, 0.717) is 12.2 Å². The fourth-order valence-electron chi connectivity index (χ4n) is 0.860. The number of nitrogens with one attached hydrogen (secondary N) is 1. The van der Waals surface area contributed by atoms with Crippen LogP contribution < -0.4 is 5.32 Å². The van der Waals surface area contributed by atoms with E-state index in [4.69, 9.17) is 4.74 Å². The zero-order chi connectivity index (χ0) is 7.98. The van der Waals surface area contributed by atoms with Crippen molar-refractivity contribution in [3.8, 4) is 0 Å². The molecule has 0 aromatic heterocycles. The Balaban J connectivity index is 3.16. The van der Waals surface area contributed by atoms with Crippen molar-refractivity contribution in [2.45, 2.75) is 39.9 Å². The molecule has 0 heterocycles. The zero-order valence-electron chi connectivity index (χ0n) is 7.48. The van der Waals surface area contributed by atoms with Gasteiger partial charge < -0.3 is 10.1 Å². The quantitative estimate of drug-likeness (QED) is 0.631. The molecule has 1 atom stereocenters. The zero-order valence-corrected chi connectivity index (χ0v) is 7.48. The van der Waals surface area contributed by atoms with E-state index in [1.54, 1.807) is 0 Å². The molecule has 0 radical (unpaired) electrons. The van der Waals surface area contributed by atoms with Gasteiger partial charge in [0.05, 0.1) is 12.2 Å². The minimum absolute atomic E-state index is 0.333. The second kappa shape index (κ2) is 5.69. The van der Waals surface area contributed by atoms with Crippen LogP contribution >= 0.6 is 0 Å². The van der Waals surface area contributed by atoms with Crippen LogP contribution in [0.1, 0.15) is 27.7 Å². The van der Waals surface area contributed by atoms with Gasteiger partial charge in [-0.15, -0.1) is 0 Å².